The molecule has 1 heterocycles. The van der Waals surface area contributed by atoms with Crippen LogP contribution in [0.4, 0.5) is 0 Å². The van der Waals surface area contributed by atoms with Crippen molar-refractivity contribution in [3.8, 4) is 0 Å². The van der Waals surface area contributed by atoms with Gasteiger partial charge in [0.25, 0.3) is 0 Å². The lowest BCUT2D eigenvalue weighted by atomic mass is 9.98. The van der Waals surface area contributed by atoms with Gasteiger partial charge in [-0.2, -0.15) is 0 Å². The predicted octanol–water partition coefficient (Wildman–Crippen LogP) is -5.55. The predicted molar refractivity (Wildman–Crippen MR) is 69.8 cm³/mol. The van der Waals surface area contributed by atoms with Gasteiger partial charge in [0.15, 0.2) is 12.1 Å². The average molecular weight is 342 g/mol. The minimum absolute atomic E-state index is 0.731. The molecule has 0 amide bonds. The first kappa shape index (κ1) is 20.3. The van der Waals surface area contributed by atoms with E-state index in [0.717, 1.165) is 0 Å². The van der Waals surface area contributed by atoms with Crippen molar-refractivity contribution in [2.45, 2.75) is 49.0 Å². The Morgan fingerprint density at radius 1 is 1.04 bits per heavy atom. The van der Waals surface area contributed by atoms with Crippen LogP contribution >= 0.6 is 0 Å². The van der Waals surface area contributed by atoms with E-state index >= 15 is 0 Å². The van der Waals surface area contributed by atoms with Gasteiger partial charge in [0.2, 0.25) is 0 Å². The van der Waals surface area contributed by atoms with E-state index in [9.17, 15) is 30.3 Å². The minimum atomic E-state index is -1.95. The highest BCUT2D eigenvalue weighted by Crippen LogP contribution is 2.24. The molecule has 1 rings (SSSR count). The van der Waals surface area contributed by atoms with Crippen LogP contribution < -0.4 is 0 Å². The van der Waals surface area contributed by atoms with Crippen LogP contribution in [-0.2, 0) is 14.3 Å². The van der Waals surface area contributed by atoms with Crippen molar-refractivity contribution in [2.24, 2.45) is 0 Å². The largest absolute Gasteiger partial charge is 0.394 e. The van der Waals surface area contributed by atoms with Crippen molar-refractivity contribution in [1.29, 1.82) is 0 Å². The summed E-state index contributed by atoms with van der Waals surface area (Å²) >= 11 is 0. The van der Waals surface area contributed by atoms with Gasteiger partial charge >= 0.3 is 0 Å². The quantitative estimate of drug-likeness (QED) is 0.209. The molecule has 1 aliphatic rings. The van der Waals surface area contributed by atoms with Crippen LogP contribution in [0.25, 0.3) is 0 Å². The SMILES string of the molecule is O=C(CO)[C@@H](O[C@@H]1O[C@H](CO)[C@@H](O)[C@H](O)[C@@H]1O)[C@H](O)[C@H](O)CO. The summed E-state index contributed by atoms with van der Waals surface area (Å²) < 4.78 is 10.0. The average Bonchev–Trinajstić information content (AvgIpc) is 2.57. The van der Waals surface area contributed by atoms with Crippen molar-refractivity contribution < 1.29 is 55.1 Å². The smallest absolute Gasteiger partial charge is 0.189 e. The van der Waals surface area contributed by atoms with E-state index in [-0.39, 0.29) is 0 Å². The van der Waals surface area contributed by atoms with Crippen LogP contribution in [0.15, 0.2) is 0 Å². The maximum atomic E-state index is 11.6. The summed E-state index contributed by atoms with van der Waals surface area (Å²) in [5.74, 6) is -1.08. The van der Waals surface area contributed by atoms with Crippen LogP contribution in [0.2, 0.25) is 0 Å². The van der Waals surface area contributed by atoms with Crippen molar-refractivity contribution in [2.75, 3.05) is 19.8 Å². The second-order valence-corrected chi connectivity index (χ2v) is 5.12. The van der Waals surface area contributed by atoms with Gasteiger partial charge in [-0.25, -0.2) is 0 Å². The van der Waals surface area contributed by atoms with Gasteiger partial charge in [0, 0.05) is 0 Å². The number of rotatable bonds is 8. The number of aliphatic hydroxyl groups excluding tert-OH is 8. The van der Waals surface area contributed by atoms with Crippen LogP contribution in [0.3, 0.4) is 0 Å². The monoisotopic (exact) mass is 342 g/mol. The third-order valence-corrected chi connectivity index (χ3v) is 3.49. The fraction of sp³-hybridized carbons (Fsp3) is 0.917. The second-order valence-electron chi connectivity index (χ2n) is 5.12. The third-order valence-electron chi connectivity index (χ3n) is 3.49. The number of hydrogen-bond donors (Lipinski definition) is 8. The molecule has 0 aliphatic carbocycles. The van der Waals surface area contributed by atoms with Gasteiger partial charge in [-0.1, -0.05) is 0 Å². The van der Waals surface area contributed by atoms with Gasteiger partial charge in [-0.15, -0.1) is 0 Å². The fourth-order valence-corrected chi connectivity index (χ4v) is 2.07. The summed E-state index contributed by atoms with van der Waals surface area (Å²) in [5, 5.41) is 74.9. The molecule has 0 spiro atoms. The van der Waals surface area contributed by atoms with E-state index in [0.29, 0.717) is 0 Å². The summed E-state index contributed by atoms with van der Waals surface area (Å²) in [7, 11) is 0. The van der Waals surface area contributed by atoms with Crippen LogP contribution in [0.1, 0.15) is 0 Å². The molecular formula is C12H22O11. The Bertz CT molecular complexity index is 376. The second kappa shape index (κ2) is 8.94. The van der Waals surface area contributed by atoms with E-state index in [1.165, 1.54) is 0 Å². The molecule has 0 aromatic rings. The molecule has 1 saturated heterocycles. The summed E-state index contributed by atoms with van der Waals surface area (Å²) in [6.07, 6.45) is -13.9. The van der Waals surface area contributed by atoms with Gasteiger partial charge in [-0.3, -0.25) is 4.79 Å². The first-order valence-corrected chi connectivity index (χ1v) is 6.85. The molecule has 1 fully saturated rings. The van der Waals surface area contributed by atoms with Crippen molar-refractivity contribution in [1.82, 2.24) is 0 Å². The Morgan fingerprint density at radius 3 is 2.13 bits per heavy atom. The Morgan fingerprint density at radius 2 is 1.65 bits per heavy atom. The Hall–Kier alpha value is -0.730. The summed E-state index contributed by atoms with van der Waals surface area (Å²) in [6, 6.07) is 0. The van der Waals surface area contributed by atoms with E-state index in [4.69, 9.17) is 24.8 Å². The standard InChI is InChI=1S/C12H22O11/c13-1-4(16)7(18)11(5(17)2-14)23-12-10(21)9(20)8(19)6(3-15)22-12/h4,6-16,18-21H,1-3H2/t4-,6-,7-,8-,9+,10+,11-,12+/m1/s1. The first-order chi connectivity index (χ1) is 10.8. The van der Waals surface area contributed by atoms with Crippen molar-refractivity contribution in [3.05, 3.63) is 0 Å². The molecule has 0 bridgehead atoms. The Balaban J connectivity index is 2.91. The summed E-state index contributed by atoms with van der Waals surface area (Å²) in [6.45, 7) is -2.71. The van der Waals surface area contributed by atoms with E-state index < -0.39 is 74.6 Å². The highest BCUT2D eigenvalue weighted by atomic mass is 16.7. The zero-order valence-corrected chi connectivity index (χ0v) is 12.0. The molecule has 0 saturated carbocycles. The van der Waals surface area contributed by atoms with Gasteiger partial charge in [0.1, 0.15) is 49.3 Å². The molecule has 8 atom stereocenters. The molecule has 0 radical (unpaired) electrons. The topological polar surface area (TPSA) is 197 Å². The molecular weight excluding hydrogens is 320 g/mol. The van der Waals surface area contributed by atoms with Crippen LogP contribution in [-0.4, -0.2) is 115 Å². The van der Waals surface area contributed by atoms with Crippen LogP contribution in [0.5, 0.6) is 0 Å². The zero-order chi connectivity index (χ0) is 17.7. The van der Waals surface area contributed by atoms with E-state index in [1.807, 2.05) is 0 Å². The normalized spacial score (nSPS) is 35.6. The molecule has 0 aromatic heterocycles. The number of Topliss-reactive ketones (excluding diaryl/α,β-unsaturated/α-hetero) is 1. The fourth-order valence-electron chi connectivity index (χ4n) is 2.07. The molecule has 11 nitrogen and oxygen atoms in total. The maximum absolute atomic E-state index is 11.6. The highest BCUT2D eigenvalue weighted by molar-refractivity contribution is 5.84. The first-order valence-electron chi connectivity index (χ1n) is 6.85. The molecule has 8 N–H and O–H groups in total. The van der Waals surface area contributed by atoms with Gasteiger partial charge in [0.05, 0.1) is 13.2 Å². The summed E-state index contributed by atoms with van der Waals surface area (Å²) in [4.78, 5) is 11.6. The highest BCUT2D eigenvalue weighted by Gasteiger charge is 2.46. The molecule has 136 valence electrons. The van der Waals surface area contributed by atoms with Gasteiger partial charge < -0.3 is 50.3 Å². The van der Waals surface area contributed by atoms with Gasteiger partial charge in [-0.05, 0) is 0 Å². The number of carbonyl (C=O) groups excluding carboxylic acids is 1. The number of ketones is 1. The Kier molecular flexibility index (Phi) is 7.89. The van der Waals surface area contributed by atoms with E-state index in [1.54, 1.807) is 0 Å². The molecule has 0 unspecified atom stereocenters. The lowest BCUT2D eigenvalue weighted by Crippen LogP contribution is -2.61. The van der Waals surface area contributed by atoms with Crippen molar-refractivity contribution in [3.63, 3.8) is 0 Å². The number of aliphatic hydroxyl groups is 8. The van der Waals surface area contributed by atoms with Crippen LogP contribution in [0, 0.1) is 0 Å². The number of ether oxygens (including phenoxy) is 2. The lowest BCUT2D eigenvalue weighted by molar-refractivity contribution is -0.315. The number of carbonyl (C=O) groups is 1. The zero-order valence-electron chi connectivity index (χ0n) is 12.0. The Labute approximate surface area is 130 Å². The third kappa shape index (κ3) is 4.64. The minimum Gasteiger partial charge on any atom is -0.394 e. The molecule has 0 aromatic carbocycles. The lowest BCUT2D eigenvalue weighted by Gasteiger charge is -2.41. The van der Waals surface area contributed by atoms with E-state index in [2.05, 4.69) is 0 Å². The van der Waals surface area contributed by atoms with Crippen molar-refractivity contribution >= 4 is 5.78 Å². The molecule has 23 heavy (non-hydrogen) atoms. The summed E-state index contributed by atoms with van der Waals surface area (Å²) in [5.41, 5.74) is 0. The molecule has 1 aliphatic heterocycles. The number of hydrogen-bond acceptors (Lipinski definition) is 11. The molecule has 11 heteroatoms. The maximum Gasteiger partial charge on any atom is 0.189 e.